The number of hydrogen-bond donors (Lipinski definition) is 3. The Bertz CT molecular complexity index is 1070. The molecule has 2 amide bonds. The molecule has 0 bridgehead atoms. The quantitative estimate of drug-likeness (QED) is 0.406. The number of aliphatic hydroxyl groups is 1. The largest absolute Gasteiger partial charge is 0.465 e. The highest BCUT2D eigenvalue weighted by Crippen LogP contribution is 2.22. The fourth-order valence-corrected chi connectivity index (χ4v) is 5.51. The molecule has 0 saturated carbocycles. The van der Waals surface area contributed by atoms with E-state index in [4.69, 9.17) is 0 Å². The van der Waals surface area contributed by atoms with E-state index >= 15 is 0 Å². The van der Waals surface area contributed by atoms with E-state index in [0.29, 0.717) is 5.69 Å². The van der Waals surface area contributed by atoms with Crippen LogP contribution >= 0.6 is 0 Å². The van der Waals surface area contributed by atoms with Crippen LogP contribution in [0.1, 0.15) is 33.3 Å². The fraction of sp³-hybridized carbons (Fsp3) is 0.440. The second-order valence-corrected chi connectivity index (χ2v) is 10.8. The summed E-state index contributed by atoms with van der Waals surface area (Å²) in [7, 11) is -4.00. The average molecular weight is 506 g/mol. The van der Waals surface area contributed by atoms with Gasteiger partial charge >= 0.3 is 6.09 Å². The molecular formula is C25H35N3O6S. The van der Waals surface area contributed by atoms with E-state index in [9.17, 15) is 28.2 Å². The van der Waals surface area contributed by atoms with Crippen LogP contribution in [0.15, 0.2) is 59.5 Å². The Labute approximate surface area is 207 Å². The minimum absolute atomic E-state index is 0.0182. The molecule has 35 heavy (non-hydrogen) atoms. The Morgan fingerprint density at radius 2 is 1.60 bits per heavy atom. The van der Waals surface area contributed by atoms with Crippen LogP contribution in [0.5, 0.6) is 0 Å². The Kier molecular flexibility index (Phi) is 10.2. The molecule has 0 unspecified atom stereocenters. The smallest absolute Gasteiger partial charge is 0.407 e. The summed E-state index contributed by atoms with van der Waals surface area (Å²) in [6, 6.07) is 14.1. The summed E-state index contributed by atoms with van der Waals surface area (Å²) in [5.74, 6) is -0.307. The topological polar surface area (TPSA) is 127 Å². The number of carboxylic acid groups (broad SMARTS) is 1. The van der Waals surface area contributed by atoms with Gasteiger partial charge in [-0.05, 0) is 49.1 Å². The SMILES string of the molecule is CCN(C(=O)O)[C@@H](Cc1ccccc1)[C@H](O)CN(CC(C)C)S(=O)(=O)c1ccc(NC(C)=O)cc1. The van der Waals surface area contributed by atoms with E-state index in [1.807, 2.05) is 44.2 Å². The van der Waals surface area contributed by atoms with E-state index in [0.717, 1.165) is 10.5 Å². The molecule has 0 heterocycles. The average Bonchev–Trinajstić information content (AvgIpc) is 2.78. The van der Waals surface area contributed by atoms with Crippen LogP contribution in [0.25, 0.3) is 0 Å². The molecule has 0 saturated heterocycles. The number of likely N-dealkylation sites (N-methyl/N-ethyl adjacent to an activating group) is 1. The highest BCUT2D eigenvalue weighted by Gasteiger charge is 2.34. The van der Waals surface area contributed by atoms with Crippen LogP contribution in [-0.4, -0.2) is 71.6 Å². The van der Waals surface area contributed by atoms with Gasteiger partial charge in [0.05, 0.1) is 17.0 Å². The summed E-state index contributed by atoms with van der Waals surface area (Å²) < 4.78 is 28.2. The number of hydrogen-bond acceptors (Lipinski definition) is 5. The number of nitrogens with one attached hydrogen (secondary N) is 1. The third-order valence-electron chi connectivity index (χ3n) is 5.49. The van der Waals surface area contributed by atoms with Crippen molar-refractivity contribution in [1.82, 2.24) is 9.21 Å². The number of sulfonamides is 1. The molecule has 2 aromatic carbocycles. The van der Waals surface area contributed by atoms with Gasteiger partial charge in [-0.2, -0.15) is 4.31 Å². The van der Waals surface area contributed by atoms with Crippen molar-refractivity contribution in [1.29, 1.82) is 0 Å². The number of carbonyl (C=O) groups is 2. The molecule has 0 radical (unpaired) electrons. The maximum Gasteiger partial charge on any atom is 0.407 e. The molecule has 0 aliphatic heterocycles. The Morgan fingerprint density at radius 1 is 1.00 bits per heavy atom. The lowest BCUT2D eigenvalue weighted by Gasteiger charge is -2.35. The van der Waals surface area contributed by atoms with Gasteiger partial charge in [0.25, 0.3) is 0 Å². The van der Waals surface area contributed by atoms with Gasteiger partial charge in [0.2, 0.25) is 15.9 Å². The van der Waals surface area contributed by atoms with E-state index in [2.05, 4.69) is 5.32 Å². The minimum Gasteiger partial charge on any atom is -0.465 e. The van der Waals surface area contributed by atoms with Gasteiger partial charge in [-0.15, -0.1) is 0 Å². The molecule has 2 atom stereocenters. The Hall–Kier alpha value is -2.95. The van der Waals surface area contributed by atoms with Gasteiger partial charge < -0.3 is 20.4 Å². The molecule has 2 rings (SSSR count). The molecule has 0 fully saturated rings. The van der Waals surface area contributed by atoms with Crippen LogP contribution in [0.2, 0.25) is 0 Å². The van der Waals surface area contributed by atoms with Crippen molar-refractivity contribution in [3.8, 4) is 0 Å². The monoisotopic (exact) mass is 505 g/mol. The molecule has 3 N–H and O–H groups in total. The first-order chi connectivity index (χ1) is 16.4. The van der Waals surface area contributed by atoms with Crippen molar-refractivity contribution in [2.75, 3.05) is 25.0 Å². The molecule has 0 aliphatic carbocycles. The molecule has 0 aliphatic rings. The van der Waals surface area contributed by atoms with Gasteiger partial charge in [-0.25, -0.2) is 13.2 Å². The van der Waals surface area contributed by atoms with Crippen LogP contribution in [-0.2, 0) is 21.2 Å². The first-order valence-corrected chi connectivity index (χ1v) is 13.0. The van der Waals surface area contributed by atoms with Gasteiger partial charge in [0.15, 0.2) is 0 Å². The van der Waals surface area contributed by atoms with Gasteiger partial charge in [-0.1, -0.05) is 44.2 Å². The van der Waals surface area contributed by atoms with Crippen molar-refractivity contribution in [2.45, 2.75) is 51.2 Å². The molecule has 0 aromatic heterocycles. The second-order valence-electron chi connectivity index (χ2n) is 8.81. The number of benzene rings is 2. The zero-order valence-electron chi connectivity index (χ0n) is 20.6. The normalized spacial score (nSPS) is 13.5. The van der Waals surface area contributed by atoms with Crippen molar-refractivity contribution in [2.24, 2.45) is 5.92 Å². The van der Waals surface area contributed by atoms with Crippen molar-refractivity contribution < 1.29 is 28.2 Å². The number of rotatable bonds is 12. The van der Waals surface area contributed by atoms with Crippen molar-refractivity contribution in [3.63, 3.8) is 0 Å². The van der Waals surface area contributed by atoms with E-state index in [1.165, 1.54) is 35.5 Å². The number of nitrogens with zero attached hydrogens (tertiary/aromatic N) is 2. The van der Waals surface area contributed by atoms with Gasteiger partial charge in [0, 0.05) is 32.2 Å². The predicted molar refractivity (Wildman–Crippen MR) is 135 cm³/mol. The van der Waals surface area contributed by atoms with Crippen molar-refractivity contribution in [3.05, 3.63) is 60.2 Å². The van der Waals surface area contributed by atoms with Gasteiger partial charge in [0.1, 0.15) is 0 Å². The van der Waals surface area contributed by atoms with Crippen LogP contribution < -0.4 is 5.32 Å². The van der Waals surface area contributed by atoms with E-state index < -0.39 is 28.3 Å². The lowest BCUT2D eigenvalue weighted by Crippen LogP contribution is -2.52. The Balaban J connectivity index is 2.36. The molecule has 2 aromatic rings. The summed E-state index contributed by atoms with van der Waals surface area (Å²) in [5.41, 5.74) is 1.30. The standard InChI is InChI=1S/C25H35N3O6S/c1-5-28(25(31)32)23(15-20-9-7-6-8-10-20)24(30)17-27(16-18(2)3)35(33,34)22-13-11-21(12-14-22)26-19(4)29/h6-14,18,23-24,30H,5,15-17H2,1-4H3,(H,26,29)(H,31,32)/t23-,24+/m0/s1. The zero-order valence-corrected chi connectivity index (χ0v) is 21.4. The molecule has 0 spiro atoms. The van der Waals surface area contributed by atoms with Crippen molar-refractivity contribution >= 4 is 27.7 Å². The third-order valence-corrected chi connectivity index (χ3v) is 7.34. The summed E-state index contributed by atoms with van der Waals surface area (Å²) in [4.78, 5) is 24.3. The first kappa shape index (κ1) is 28.3. The third kappa shape index (κ3) is 8.05. The maximum absolute atomic E-state index is 13.5. The summed E-state index contributed by atoms with van der Waals surface area (Å²) in [5, 5.41) is 23.5. The minimum atomic E-state index is -4.00. The number of amides is 2. The fourth-order valence-electron chi connectivity index (χ4n) is 3.89. The predicted octanol–water partition coefficient (Wildman–Crippen LogP) is 3.26. The summed E-state index contributed by atoms with van der Waals surface area (Å²) in [6.07, 6.45) is -2.21. The Morgan fingerprint density at radius 3 is 2.09 bits per heavy atom. The molecule has 10 heteroatoms. The number of anilines is 1. The van der Waals surface area contributed by atoms with E-state index in [-0.39, 0.29) is 42.8 Å². The first-order valence-electron chi connectivity index (χ1n) is 11.5. The maximum atomic E-state index is 13.5. The zero-order chi connectivity index (χ0) is 26.2. The van der Waals surface area contributed by atoms with E-state index in [1.54, 1.807) is 6.92 Å². The molecule has 192 valence electrons. The number of aliphatic hydroxyl groups excluding tert-OH is 1. The van der Waals surface area contributed by atoms with Crippen LogP contribution in [0.3, 0.4) is 0 Å². The lowest BCUT2D eigenvalue weighted by atomic mass is 9.99. The van der Waals surface area contributed by atoms with Crippen LogP contribution in [0.4, 0.5) is 10.5 Å². The van der Waals surface area contributed by atoms with Crippen LogP contribution in [0, 0.1) is 5.92 Å². The van der Waals surface area contributed by atoms with Gasteiger partial charge in [-0.3, -0.25) is 4.79 Å². The highest BCUT2D eigenvalue weighted by molar-refractivity contribution is 7.89. The summed E-state index contributed by atoms with van der Waals surface area (Å²) in [6.45, 7) is 6.79. The number of carbonyl (C=O) groups excluding carboxylic acids is 1. The summed E-state index contributed by atoms with van der Waals surface area (Å²) >= 11 is 0. The molecular weight excluding hydrogens is 470 g/mol. The highest BCUT2D eigenvalue weighted by atomic mass is 32.2. The lowest BCUT2D eigenvalue weighted by molar-refractivity contribution is -0.114. The molecule has 9 nitrogen and oxygen atoms in total. The second kappa shape index (κ2) is 12.7.